The van der Waals surface area contributed by atoms with Crippen molar-refractivity contribution in [3.05, 3.63) is 71.3 Å². The van der Waals surface area contributed by atoms with E-state index >= 15 is 0 Å². The van der Waals surface area contributed by atoms with Gasteiger partial charge in [0.25, 0.3) is 0 Å². The number of ketones is 2. The molecule has 0 aliphatic heterocycles. The quantitative estimate of drug-likeness (QED) is 0.512. The van der Waals surface area contributed by atoms with E-state index in [4.69, 9.17) is 4.74 Å². The van der Waals surface area contributed by atoms with Crippen LogP contribution < -0.4 is 10.1 Å². The lowest BCUT2D eigenvalue weighted by atomic mass is 9.83. The van der Waals surface area contributed by atoms with Crippen LogP contribution in [0, 0.1) is 0 Å². The number of fused-ring (bicyclic) bond motifs is 2. The summed E-state index contributed by atoms with van der Waals surface area (Å²) in [5.74, 6) is -0.480. The highest BCUT2D eigenvalue weighted by Gasteiger charge is 2.32. The molecule has 0 saturated carbocycles. The number of hydrogen-bond acceptors (Lipinski definition) is 5. The second kappa shape index (κ2) is 7.32. The first-order chi connectivity index (χ1) is 12.1. The van der Waals surface area contributed by atoms with Crippen molar-refractivity contribution in [3.63, 3.8) is 0 Å². The molecule has 0 fully saturated rings. The lowest BCUT2D eigenvalue weighted by Crippen LogP contribution is -2.21. The van der Waals surface area contributed by atoms with E-state index in [1.807, 2.05) is 0 Å². The number of nitrogens with one attached hydrogen (secondary N) is 1. The third-order valence-electron chi connectivity index (χ3n) is 4.03. The molecule has 0 amide bonds. The van der Waals surface area contributed by atoms with Gasteiger partial charge in [-0.25, -0.2) is 0 Å². The van der Waals surface area contributed by atoms with Crippen LogP contribution in [-0.4, -0.2) is 36.4 Å². The van der Waals surface area contributed by atoms with E-state index in [9.17, 15) is 14.7 Å². The zero-order chi connectivity index (χ0) is 17.8. The summed E-state index contributed by atoms with van der Waals surface area (Å²) in [6.45, 7) is 5.56. The molecule has 0 heterocycles. The van der Waals surface area contributed by atoms with Crippen LogP contribution in [0.25, 0.3) is 0 Å². The number of aromatic hydroxyl groups is 1. The third kappa shape index (κ3) is 3.32. The Hall–Kier alpha value is -2.92. The summed E-state index contributed by atoms with van der Waals surface area (Å²) in [6, 6.07) is 9.54. The second-order valence-corrected chi connectivity index (χ2v) is 5.76. The van der Waals surface area contributed by atoms with Crippen LogP contribution in [0.1, 0.15) is 38.3 Å². The number of rotatable bonds is 7. The standard InChI is InChI=1S/C20H19NO4/c1-2-8-21-9-5-10-25-13-11-16-18(17(22)12-13)20(24)15-7-4-3-6-14(15)19(16)23/h2-4,6-7,11-12,21-22H,1,5,8-10H2. The van der Waals surface area contributed by atoms with E-state index < -0.39 is 0 Å². The van der Waals surface area contributed by atoms with Crippen LogP contribution in [0.15, 0.2) is 49.1 Å². The molecule has 0 bridgehead atoms. The molecule has 0 spiro atoms. The van der Waals surface area contributed by atoms with Crippen molar-refractivity contribution < 1.29 is 19.4 Å². The summed E-state index contributed by atoms with van der Waals surface area (Å²) in [4.78, 5) is 25.2. The predicted octanol–water partition coefficient (Wildman–Crippen LogP) is 2.71. The highest BCUT2D eigenvalue weighted by atomic mass is 16.5. The average molecular weight is 337 g/mol. The number of phenolic OH excluding ortho intramolecular Hbond substituents is 1. The van der Waals surface area contributed by atoms with Crippen LogP contribution >= 0.6 is 0 Å². The smallest absolute Gasteiger partial charge is 0.198 e. The van der Waals surface area contributed by atoms with Gasteiger partial charge in [-0.05, 0) is 19.0 Å². The maximum atomic E-state index is 12.7. The van der Waals surface area contributed by atoms with Gasteiger partial charge < -0.3 is 15.2 Å². The summed E-state index contributed by atoms with van der Waals surface area (Å²) >= 11 is 0. The Kier molecular flexibility index (Phi) is 4.95. The maximum Gasteiger partial charge on any atom is 0.198 e. The molecule has 3 rings (SSSR count). The molecule has 1 aliphatic rings. The van der Waals surface area contributed by atoms with Gasteiger partial charge in [-0.1, -0.05) is 30.3 Å². The van der Waals surface area contributed by atoms with Gasteiger partial charge in [-0.15, -0.1) is 6.58 Å². The zero-order valence-electron chi connectivity index (χ0n) is 13.7. The van der Waals surface area contributed by atoms with Crippen molar-refractivity contribution in [1.29, 1.82) is 0 Å². The van der Waals surface area contributed by atoms with Gasteiger partial charge in [0, 0.05) is 29.3 Å². The predicted molar refractivity (Wildman–Crippen MR) is 94.6 cm³/mol. The minimum Gasteiger partial charge on any atom is -0.507 e. The van der Waals surface area contributed by atoms with Crippen LogP contribution in [0.5, 0.6) is 11.5 Å². The number of benzene rings is 2. The van der Waals surface area contributed by atoms with E-state index in [2.05, 4.69) is 11.9 Å². The molecule has 128 valence electrons. The second-order valence-electron chi connectivity index (χ2n) is 5.76. The first-order valence-electron chi connectivity index (χ1n) is 8.13. The molecule has 2 aromatic carbocycles. The van der Waals surface area contributed by atoms with Crippen molar-refractivity contribution in [2.75, 3.05) is 19.7 Å². The van der Waals surface area contributed by atoms with E-state index in [1.54, 1.807) is 30.3 Å². The maximum absolute atomic E-state index is 12.7. The number of ether oxygens (including phenoxy) is 1. The van der Waals surface area contributed by atoms with Crippen LogP contribution in [-0.2, 0) is 0 Å². The largest absolute Gasteiger partial charge is 0.507 e. The highest BCUT2D eigenvalue weighted by Crippen LogP contribution is 2.35. The summed E-state index contributed by atoms with van der Waals surface area (Å²) in [7, 11) is 0. The van der Waals surface area contributed by atoms with Crippen LogP contribution in [0.4, 0.5) is 0 Å². The normalized spacial score (nSPS) is 12.5. The average Bonchev–Trinajstić information content (AvgIpc) is 2.62. The van der Waals surface area contributed by atoms with E-state index in [-0.39, 0.29) is 28.4 Å². The van der Waals surface area contributed by atoms with E-state index in [1.165, 1.54) is 12.1 Å². The van der Waals surface area contributed by atoms with E-state index in [0.29, 0.717) is 23.5 Å². The van der Waals surface area contributed by atoms with Crippen molar-refractivity contribution in [1.82, 2.24) is 5.32 Å². The minimum absolute atomic E-state index is 0.0451. The summed E-state index contributed by atoms with van der Waals surface area (Å²) in [6.07, 6.45) is 2.55. The fourth-order valence-electron chi connectivity index (χ4n) is 2.85. The molecule has 2 aromatic rings. The summed E-state index contributed by atoms with van der Waals surface area (Å²) in [5, 5.41) is 13.4. The van der Waals surface area contributed by atoms with Crippen molar-refractivity contribution in [3.8, 4) is 11.5 Å². The number of hydrogen-bond donors (Lipinski definition) is 2. The van der Waals surface area contributed by atoms with Gasteiger partial charge in [-0.3, -0.25) is 9.59 Å². The Morgan fingerprint density at radius 2 is 1.80 bits per heavy atom. The first kappa shape index (κ1) is 16.9. The number of carbonyl (C=O) groups excluding carboxylic acids is 2. The monoisotopic (exact) mass is 337 g/mol. The summed E-state index contributed by atoms with van der Waals surface area (Å²) in [5.41, 5.74) is 0.898. The van der Waals surface area contributed by atoms with Crippen molar-refractivity contribution in [2.24, 2.45) is 0 Å². The lowest BCUT2D eigenvalue weighted by Gasteiger charge is -2.19. The minimum atomic E-state index is -0.345. The Labute approximate surface area is 145 Å². The molecule has 0 saturated heterocycles. The number of carbonyl (C=O) groups is 2. The summed E-state index contributed by atoms with van der Waals surface area (Å²) < 4.78 is 5.62. The molecule has 25 heavy (non-hydrogen) atoms. The fraction of sp³-hybridized carbons (Fsp3) is 0.200. The number of phenols is 1. The third-order valence-corrected chi connectivity index (χ3v) is 4.03. The van der Waals surface area contributed by atoms with Gasteiger partial charge >= 0.3 is 0 Å². The van der Waals surface area contributed by atoms with Gasteiger partial charge in [-0.2, -0.15) is 0 Å². The van der Waals surface area contributed by atoms with Gasteiger partial charge in [0.2, 0.25) is 0 Å². The molecule has 0 atom stereocenters. The molecular formula is C20H19NO4. The molecular weight excluding hydrogens is 318 g/mol. The Balaban J connectivity index is 1.80. The fourth-order valence-corrected chi connectivity index (χ4v) is 2.85. The SMILES string of the molecule is C=CCNCCCOc1cc(O)c2c(c1)C(=O)c1ccccc1C2=O. The van der Waals surface area contributed by atoms with Gasteiger partial charge in [0.05, 0.1) is 12.2 Å². The zero-order valence-corrected chi connectivity index (χ0v) is 13.7. The van der Waals surface area contributed by atoms with Crippen LogP contribution in [0.2, 0.25) is 0 Å². The van der Waals surface area contributed by atoms with Gasteiger partial charge in [0.1, 0.15) is 11.5 Å². The molecule has 2 N–H and O–H groups in total. The van der Waals surface area contributed by atoms with Crippen molar-refractivity contribution in [2.45, 2.75) is 6.42 Å². The molecule has 1 aliphatic carbocycles. The van der Waals surface area contributed by atoms with Crippen molar-refractivity contribution >= 4 is 11.6 Å². The Morgan fingerprint density at radius 3 is 2.52 bits per heavy atom. The Bertz CT molecular complexity index is 842. The molecule has 0 radical (unpaired) electrons. The van der Waals surface area contributed by atoms with Gasteiger partial charge in [0.15, 0.2) is 11.6 Å². The lowest BCUT2D eigenvalue weighted by molar-refractivity contribution is 0.0976. The van der Waals surface area contributed by atoms with Crippen LogP contribution in [0.3, 0.4) is 0 Å². The molecule has 5 heteroatoms. The molecule has 5 nitrogen and oxygen atoms in total. The van der Waals surface area contributed by atoms with E-state index in [0.717, 1.165) is 19.5 Å². The molecule has 0 aromatic heterocycles. The Morgan fingerprint density at radius 1 is 1.08 bits per heavy atom. The molecule has 0 unspecified atom stereocenters. The topological polar surface area (TPSA) is 75.6 Å². The first-order valence-corrected chi connectivity index (χ1v) is 8.13. The highest BCUT2D eigenvalue weighted by molar-refractivity contribution is 6.29.